The average Bonchev–Trinajstić information content (AvgIpc) is 2.75. The minimum atomic E-state index is -0.430. The second kappa shape index (κ2) is 4.81. The van der Waals surface area contributed by atoms with Crippen LogP contribution < -0.4 is 10.1 Å². The maximum absolute atomic E-state index is 11.1. The predicted molar refractivity (Wildman–Crippen MR) is 67.1 cm³/mol. The zero-order valence-electron chi connectivity index (χ0n) is 10.4. The van der Waals surface area contributed by atoms with E-state index in [-0.39, 0.29) is 17.0 Å². The monoisotopic (exact) mass is 252 g/mol. The number of para-hydroxylation sites is 1. The molecule has 0 bridgehead atoms. The van der Waals surface area contributed by atoms with Gasteiger partial charge < -0.3 is 14.8 Å². The molecule has 0 spiro atoms. The van der Waals surface area contributed by atoms with E-state index < -0.39 is 4.92 Å². The fourth-order valence-electron chi connectivity index (χ4n) is 2.07. The largest absolute Gasteiger partial charge is 0.490 e. The number of anilines is 1. The van der Waals surface area contributed by atoms with Crippen LogP contribution in [0.3, 0.4) is 0 Å². The zero-order chi connectivity index (χ0) is 13.2. The molecule has 6 heteroatoms. The number of benzene rings is 1. The van der Waals surface area contributed by atoms with Gasteiger partial charge in [0, 0.05) is 6.61 Å². The van der Waals surface area contributed by atoms with E-state index in [2.05, 4.69) is 5.32 Å². The van der Waals surface area contributed by atoms with Gasteiger partial charge in [-0.3, -0.25) is 10.1 Å². The van der Waals surface area contributed by atoms with E-state index in [4.69, 9.17) is 9.47 Å². The molecule has 0 amide bonds. The Morgan fingerprint density at radius 1 is 1.56 bits per heavy atom. The van der Waals surface area contributed by atoms with Gasteiger partial charge in [-0.15, -0.1) is 0 Å². The van der Waals surface area contributed by atoms with Crippen molar-refractivity contribution < 1.29 is 14.4 Å². The molecule has 6 nitrogen and oxygen atoms in total. The van der Waals surface area contributed by atoms with E-state index in [1.165, 1.54) is 7.11 Å². The van der Waals surface area contributed by atoms with E-state index >= 15 is 0 Å². The van der Waals surface area contributed by atoms with Crippen molar-refractivity contribution in [2.75, 3.05) is 25.6 Å². The summed E-state index contributed by atoms with van der Waals surface area (Å²) in [6.45, 7) is 3.20. The van der Waals surface area contributed by atoms with Crippen molar-refractivity contribution in [3.05, 3.63) is 28.3 Å². The summed E-state index contributed by atoms with van der Waals surface area (Å²) in [5.74, 6) is 0.257. The highest BCUT2D eigenvalue weighted by Crippen LogP contribution is 2.37. The van der Waals surface area contributed by atoms with Gasteiger partial charge in [0.15, 0.2) is 5.75 Å². The minimum absolute atomic E-state index is 0.0341. The van der Waals surface area contributed by atoms with E-state index in [1.54, 1.807) is 18.2 Å². The summed E-state index contributed by atoms with van der Waals surface area (Å²) in [6, 6.07) is 4.99. The predicted octanol–water partition coefficient (Wildman–Crippen LogP) is 2.19. The van der Waals surface area contributed by atoms with Crippen molar-refractivity contribution in [2.45, 2.75) is 18.9 Å². The van der Waals surface area contributed by atoms with Crippen LogP contribution in [0.4, 0.5) is 11.4 Å². The van der Waals surface area contributed by atoms with Gasteiger partial charge in [0.05, 0.1) is 24.2 Å². The molecule has 1 unspecified atom stereocenters. The van der Waals surface area contributed by atoms with Crippen molar-refractivity contribution in [3.8, 4) is 5.75 Å². The minimum Gasteiger partial charge on any atom is -0.490 e. The Balaban J connectivity index is 2.35. The van der Waals surface area contributed by atoms with Gasteiger partial charge in [0.1, 0.15) is 5.69 Å². The van der Waals surface area contributed by atoms with Gasteiger partial charge >= 0.3 is 5.69 Å². The second-order valence-corrected chi connectivity index (χ2v) is 4.60. The van der Waals surface area contributed by atoms with Crippen molar-refractivity contribution in [3.63, 3.8) is 0 Å². The molecule has 0 aromatic heterocycles. The van der Waals surface area contributed by atoms with Crippen molar-refractivity contribution in [2.24, 2.45) is 0 Å². The number of methoxy groups -OCH3 is 1. The lowest BCUT2D eigenvalue weighted by atomic mass is 10.0. The summed E-state index contributed by atoms with van der Waals surface area (Å²) in [6.07, 6.45) is 0.821. The molecule has 2 rings (SSSR count). The molecule has 1 N–H and O–H groups in total. The molecule has 18 heavy (non-hydrogen) atoms. The lowest BCUT2D eigenvalue weighted by molar-refractivity contribution is -0.384. The number of nitro benzene ring substituents is 1. The highest BCUT2D eigenvalue weighted by atomic mass is 16.6. The summed E-state index contributed by atoms with van der Waals surface area (Å²) >= 11 is 0. The topological polar surface area (TPSA) is 73.6 Å². The van der Waals surface area contributed by atoms with Crippen LogP contribution in [-0.4, -0.2) is 30.8 Å². The van der Waals surface area contributed by atoms with Crippen molar-refractivity contribution in [1.29, 1.82) is 0 Å². The number of hydrogen-bond donors (Lipinski definition) is 1. The Hall–Kier alpha value is -1.82. The summed E-state index contributed by atoms with van der Waals surface area (Å²) in [4.78, 5) is 10.7. The average molecular weight is 252 g/mol. The first-order valence-electron chi connectivity index (χ1n) is 5.73. The maximum Gasteiger partial charge on any atom is 0.333 e. The van der Waals surface area contributed by atoms with Gasteiger partial charge in [-0.25, -0.2) is 0 Å². The number of nitrogens with one attached hydrogen (secondary N) is 1. The fraction of sp³-hybridized carbons (Fsp3) is 0.500. The quantitative estimate of drug-likeness (QED) is 0.656. The molecule has 1 aliphatic rings. The van der Waals surface area contributed by atoms with Crippen molar-refractivity contribution in [1.82, 2.24) is 0 Å². The molecule has 1 aromatic carbocycles. The Morgan fingerprint density at radius 3 is 2.89 bits per heavy atom. The molecule has 1 aromatic rings. The first-order valence-corrected chi connectivity index (χ1v) is 5.73. The van der Waals surface area contributed by atoms with Gasteiger partial charge in [0.2, 0.25) is 0 Å². The summed E-state index contributed by atoms with van der Waals surface area (Å²) < 4.78 is 10.4. The first-order chi connectivity index (χ1) is 8.56. The van der Waals surface area contributed by atoms with Crippen LogP contribution in [0.1, 0.15) is 13.3 Å². The molecule has 1 aliphatic heterocycles. The lowest BCUT2D eigenvalue weighted by Crippen LogP contribution is -2.35. The van der Waals surface area contributed by atoms with Gasteiger partial charge in [-0.2, -0.15) is 0 Å². The van der Waals surface area contributed by atoms with Crippen LogP contribution in [0.15, 0.2) is 18.2 Å². The van der Waals surface area contributed by atoms with Gasteiger partial charge in [-0.05, 0) is 25.5 Å². The number of nitro groups is 1. The molecule has 1 saturated heterocycles. The standard InChI is InChI=1S/C12H16N2O4/c1-12(6-7-18-8-12)13-9-4-3-5-10(17-2)11(9)14(15)16/h3-5,13H,6-8H2,1-2H3. The fourth-order valence-corrected chi connectivity index (χ4v) is 2.07. The summed E-state index contributed by atoms with van der Waals surface area (Å²) in [5, 5.41) is 14.3. The van der Waals surface area contributed by atoms with E-state index in [9.17, 15) is 10.1 Å². The second-order valence-electron chi connectivity index (χ2n) is 4.60. The number of hydrogen-bond acceptors (Lipinski definition) is 5. The van der Waals surface area contributed by atoms with Gasteiger partial charge in [-0.1, -0.05) is 6.07 Å². The smallest absolute Gasteiger partial charge is 0.333 e. The Morgan fingerprint density at radius 2 is 2.33 bits per heavy atom. The van der Waals surface area contributed by atoms with Crippen molar-refractivity contribution >= 4 is 11.4 Å². The molecule has 1 fully saturated rings. The first kappa shape index (κ1) is 12.6. The van der Waals surface area contributed by atoms with E-state index in [0.29, 0.717) is 18.9 Å². The summed E-state index contributed by atoms with van der Waals surface area (Å²) in [5.41, 5.74) is 0.164. The summed E-state index contributed by atoms with van der Waals surface area (Å²) in [7, 11) is 1.42. The normalized spacial score (nSPS) is 22.8. The number of ether oxygens (including phenoxy) is 2. The number of nitrogens with zero attached hydrogens (tertiary/aromatic N) is 1. The molecule has 0 saturated carbocycles. The van der Waals surface area contributed by atoms with Crippen LogP contribution in [0.2, 0.25) is 0 Å². The molecular formula is C12H16N2O4. The van der Waals surface area contributed by atoms with Crippen LogP contribution in [-0.2, 0) is 4.74 Å². The van der Waals surface area contributed by atoms with E-state index in [0.717, 1.165) is 6.42 Å². The highest BCUT2D eigenvalue weighted by Gasteiger charge is 2.32. The van der Waals surface area contributed by atoms with Gasteiger partial charge in [0.25, 0.3) is 0 Å². The third kappa shape index (κ3) is 2.38. The Kier molecular flexibility index (Phi) is 3.38. The van der Waals surface area contributed by atoms with Crippen LogP contribution >= 0.6 is 0 Å². The zero-order valence-corrected chi connectivity index (χ0v) is 10.4. The van der Waals surface area contributed by atoms with Crippen LogP contribution in [0.5, 0.6) is 5.75 Å². The molecule has 0 aliphatic carbocycles. The SMILES string of the molecule is COc1cccc(NC2(C)CCOC2)c1[N+](=O)[O-]. The molecule has 98 valence electrons. The molecule has 0 radical (unpaired) electrons. The molecule has 1 heterocycles. The van der Waals surface area contributed by atoms with E-state index in [1.807, 2.05) is 6.92 Å². The maximum atomic E-state index is 11.1. The van der Waals surface area contributed by atoms with Crippen LogP contribution in [0.25, 0.3) is 0 Å². The molecular weight excluding hydrogens is 236 g/mol. The Bertz CT molecular complexity index is 455. The third-order valence-electron chi connectivity index (χ3n) is 3.06. The number of rotatable bonds is 4. The van der Waals surface area contributed by atoms with Crippen LogP contribution in [0, 0.1) is 10.1 Å². The lowest BCUT2D eigenvalue weighted by Gasteiger charge is -2.24. The Labute approximate surface area is 105 Å². The third-order valence-corrected chi connectivity index (χ3v) is 3.06. The molecule has 1 atom stereocenters. The highest BCUT2D eigenvalue weighted by molar-refractivity contribution is 5.69.